The summed E-state index contributed by atoms with van der Waals surface area (Å²) in [6.07, 6.45) is 5.29. The van der Waals surface area contributed by atoms with Crippen LogP contribution in [0, 0.1) is 24.7 Å². The molecule has 3 nitrogen and oxygen atoms in total. The Morgan fingerprint density at radius 1 is 1.35 bits per heavy atom. The van der Waals surface area contributed by atoms with Gasteiger partial charge in [-0.2, -0.15) is 5.10 Å². The minimum atomic E-state index is 0.740. The van der Waals surface area contributed by atoms with E-state index in [-0.39, 0.29) is 0 Å². The van der Waals surface area contributed by atoms with Gasteiger partial charge in [-0.25, -0.2) is 0 Å². The molecule has 20 heavy (non-hydrogen) atoms. The van der Waals surface area contributed by atoms with E-state index in [1.807, 2.05) is 0 Å². The van der Waals surface area contributed by atoms with E-state index in [9.17, 15) is 0 Å². The lowest BCUT2D eigenvalue weighted by Gasteiger charge is -2.21. The number of aryl methyl sites for hydroxylation is 2. The van der Waals surface area contributed by atoms with E-state index in [0.29, 0.717) is 0 Å². The Kier molecular flexibility index (Phi) is 5.67. The molecule has 0 radical (unpaired) electrons. The molecule has 1 heterocycles. The van der Waals surface area contributed by atoms with Gasteiger partial charge in [-0.15, -0.1) is 0 Å². The highest BCUT2D eigenvalue weighted by atomic mass is 79.9. The first-order chi connectivity index (χ1) is 9.49. The second-order valence-electron chi connectivity index (χ2n) is 6.68. The monoisotopic (exact) mass is 341 g/mol. The first-order valence-electron chi connectivity index (χ1n) is 7.87. The second-order valence-corrected chi connectivity index (χ2v) is 7.47. The predicted octanol–water partition coefficient (Wildman–Crippen LogP) is 3.70. The molecule has 1 N–H and O–H groups in total. The number of nitrogens with zero attached hydrogens (tertiary/aromatic N) is 2. The molecule has 1 aliphatic rings. The number of hydrogen-bond donors (Lipinski definition) is 1. The van der Waals surface area contributed by atoms with Crippen LogP contribution in [0.4, 0.5) is 0 Å². The Hall–Kier alpha value is -0.350. The van der Waals surface area contributed by atoms with E-state index < -0.39 is 0 Å². The predicted molar refractivity (Wildman–Crippen MR) is 87.9 cm³/mol. The van der Waals surface area contributed by atoms with E-state index in [0.717, 1.165) is 36.4 Å². The van der Waals surface area contributed by atoms with Crippen LogP contribution in [-0.2, 0) is 13.5 Å². The highest BCUT2D eigenvalue weighted by Gasteiger charge is 2.28. The molecule has 0 aliphatic heterocycles. The van der Waals surface area contributed by atoms with E-state index in [4.69, 9.17) is 0 Å². The Morgan fingerprint density at radius 3 is 2.65 bits per heavy atom. The molecule has 0 saturated heterocycles. The standard InChI is InChI=1S/C16H28BrN3/c1-11(2)9-18-10-14-7-5-6-13(14)8-15-16(17)12(3)19-20(15)4/h11,13-14,18H,5-10H2,1-4H3. The number of hydrogen-bond acceptors (Lipinski definition) is 2. The largest absolute Gasteiger partial charge is 0.316 e. The third-order valence-electron chi connectivity index (χ3n) is 4.49. The van der Waals surface area contributed by atoms with Gasteiger partial charge in [0.05, 0.1) is 15.9 Å². The fourth-order valence-electron chi connectivity index (χ4n) is 3.36. The summed E-state index contributed by atoms with van der Waals surface area (Å²) in [5.74, 6) is 2.38. The third kappa shape index (κ3) is 3.85. The van der Waals surface area contributed by atoms with Gasteiger partial charge in [0.1, 0.15) is 0 Å². The van der Waals surface area contributed by atoms with Gasteiger partial charge in [0.2, 0.25) is 0 Å². The van der Waals surface area contributed by atoms with Crippen molar-refractivity contribution in [1.29, 1.82) is 0 Å². The lowest BCUT2D eigenvalue weighted by Crippen LogP contribution is -2.29. The van der Waals surface area contributed by atoms with Crippen LogP contribution < -0.4 is 5.32 Å². The highest BCUT2D eigenvalue weighted by Crippen LogP contribution is 2.35. The topological polar surface area (TPSA) is 29.9 Å². The van der Waals surface area contributed by atoms with E-state index in [1.165, 1.54) is 36.0 Å². The average Bonchev–Trinajstić information content (AvgIpc) is 2.90. The van der Waals surface area contributed by atoms with Gasteiger partial charge in [-0.3, -0.25) is 4.68 Å². The van der Waals surface area contributed by atoms with Crippen LogP contribution in [0.15, 0.2) is 4.47 Å². The SMILES string of the molecule is Cc1nn(C)c(CC2CCCC2CNCC(C)C)c1Br. The third-order valence-corrected chi connectivity index (χ3v) is 5.52. The molecule has 1 aliphatic carbocycles. The summed E-state index contributed by atoms with van der Waals surface area (Å²) in [6, 6.07) is 0. The molecular weight excluding hydrogens is 314 g/mol. The van der Waals surface area contributed by atoms with Crippen LogP contribution in [0.25, 0.3) is 0 Å². The summed E-state index contributed by atoms with van der Waals surface area (Å²) in [7, 11) is 2.06. The molecular formula is C16H28BrN3. The second kappa shape index (κ2) is 7.08. The van der Waals surface area contributed by atoms with Gasteiger partial charge in [-0.05, 0) is 73.0 Å². The molecule has 4 heteroatoms. The van der Waals surface area contributed by atoms with Crippen LogP contribution in [0.2, 0.25) is 0 Å². The Morgan fingerprint density at radius 2 is 2.05 bits per heavy atom. The van der Waals surface area contributed by atoms with Crippen molar-refractivity contribution in [2.75, 3.05) is 13.1 Å². The fraction of sp³-hybridized carbons (Fsp3) is 0.812. The van der Waals surface area contributed by atoms with Crippen LogP contribution >= 0.6 is 15.9 Å². The van der Waals surface area contributed by atoms with Crippen LogP contribution in [0.3, 0.4) is 0 Å². The summed E-state index contributed by atoms with van der Waals surface area (Å²) in [5.41, 5.74) is 2.47. The Bertz CT molecular complexity index is 439. The van der Waals surface area contributed by atoms with Crippen molar-refractivity contribution in [1.82, 2.24) is 15.1 Å². The normalized spacial score (nSPS) is 22.9. The van der Waals surface area contributed by atoms with Crippen LogP contribution in [0.5, 0.6) is 0 Å². The van der Waals surface area contributed by atoms with Gasteiger partial charge in [0.25, 0.3) is 0 Å². The smallest absolute Gasteiger partial charge is 0.0738 e. The maximum absolute atomic E-state index is 4.52. The summed E-state index contributed by atoms with van der Waals surface area (Å²) in [4.78, 5) is 0. The van der Waals surface area contributed by atoms with Crippen molar-refractivity contribution >= 4 is 15.9 Å². The molecule has 0 spiro atoms. The Balaban J connectivity index is 1.94. The molecule has 1 aromatic heterocycles. The molecule has 0 amide bonds. The van der Waals surface area contributed by atoms with Crippen molar-refractivity contribution in [2.45, 2.75) is 46.5 Å². The molecule has 0 bridgehead atoms. The molecule has 2 rings (SSSR count). The highest BCUT2D eigenvalue weighted by molar-refractivity contribution is 9.10. The number of aromatic nitrogens is 2. The van der Waals surface area contributed by atoms with Gasteiger partial charge in [-0.1, -0.05) is 20.3 Å². The zero-order valence-electron chi connectivity index (χ0n) is 13.2. The summed E-state index contributed by atoms with van der Waals surface area (Å²) < 4.78 is 3.26. The van der Waals surface area contributed by atoms with Gasteiger partial charge < -0.3 is 5.32 Å². The summed E-state index contributed by atoms with van der Waals surface area (Å²) in [5, 5.41) is 8.16. The zero-order chi connectivity index (χ0) is 14.7. The van der Waals surface area contributed by atoms with E-state index >= 15 is 0 Å². The minimum absolute atomic E-state index is 0.740. The lowest BCUT2D eigenvalue weighted by molar-refractivity contribution is 0.351. The average molecular weight is 342 g/mol. The molecule has 2 atom stereocenters. The quantitative estimate of drug-likeness (QED) is 0.854. The molecule has 1 saturated carbocycles. The molecule has 0 aromatic carbocycles. The van der Waals surface area contributed by atoms with Crippen LogP contribution in [0.1, 0.15) is 44.5 Å². The van der Waals surface area contributed by atoms with Gasteiger partial charge in [0, 0.05) is 7.05 Å². The summed E-state index contributed by atoms with van der Waals surface area (Å²) in [6.45, 7) is 8.93. The van der Waals surface area contributed by atoms with Crippen molar-refractivity contribution in [2.24, 2.45) is 24.8 Å². The number of halogens is 1. The maximum Gasteiger partial charge on any atom is 0.0738 e. The fourth-order valence-corrected chi connectivity index (χ4v) is 3.86. The molecule has 114 valence electrons. The maximum atomic E-state index is 4.52. The number of nitrogens with one attached hydrogen (secondary N) is 1. The molecule has 1 aromatic rings. The van der Waals surface area contributed by atoms with Gasteiger partial charge >= 0.3 is 0 Å². The number of rotatable bonds is 6. The van der Waals surface area contributed by atoms with Crippen LogP contribution in [-0.4, -0.2) is 22.9 Å². The van der Waals surface area contributed by atoms with Gasteiger partial charge in [0.15, 0.2) is 0 Å². The van der Waals surface area contributed by atoms with Crippen molar-refractivity contribution in [3.8, 4) is 0 Å². The first kappa shape index (κ1) is 16.0. The van der Waals surface area contributed by atoms with E-state index in [2.05, 4.69) is 58.8 Å². The van der Waals surface area contributed by atoms with Crippen molar-refractivity contribution in [3.63, 3.8) is 0 Å². The zero-order valence-corrected chi connectivity index (χ0v) is 14.8. The van der Waals surface area contributed by atoms with E-state index in [1.54, 1.807) is 0 Å². The lowest BCUT2D eigenvalue weighted by atomic mass is 9.91. The molecule has 2 unspecified atom stereocenters. The van der Waals surface area contributed by atoms with Crippen molar-refractivity contribution < 1.29 is 0 Å². The minimum Gasteiger partial charge on any atom is -0.316 e. The first-order valence-corrected chi connectivity index (χ1v) is 8.67. The Labute approximate surface area is 131 Å². The summed E-state index contributed by atoms with van der Waals surface area (Å²) >= 11 is 3.70. The molecule has 1 fully saturated rings. The van der Waals surface area contributed by atoms with Crippen molar-refractivity contribution in [3.05, 3.63) is 15.9 Å².